The van der Waals surface area contributed by atoms with Crippen LogP contribution < -0.4 is 14.6 Å². The number of ether oxygens (including phenoxy) is 2. The Morgan fingerprint density at radius 3 is 2.37 bits per heavy atom. The molecule has 0 bridgehead atoms. The molecule has 0 aliphatic heterocycles. The largest absolute Gasteiger partial charge is 0.490 e. The lowest BCUT2D eigenvalue weighted by Gasteiger charge is -2.23. The van der Waals surface area contributed by atoms with Crippen molar-refractivity contribution in [3.05, 3.63) is 18.2 Å². The van der Waals surface area contributed by atoms with Gasteiger partial charge in [0, 0.05) is 6.07 Å². The molecule has 1 fully saturated rings. The molecule has 1 aromatic carbocycles. The number of rotatable bonds is 4. The van der Waals surface area contributed by atoms with Crippen LogP contribution in [0.3, 0.4) is 0 Å². The Balaban J connectivity index is 2.36. The maximum Gasteiger partial charge on any atom is 0.241 e. The lowest BCUT2D eigenvalue weighted by molar-refractivity contribution is 0.126. The predicted octanol–water partition coefficient (Wildman–Crippen LogP) is 2.05. The maximum absolute atomic E-state index is 11.6. The van der Waals surface area contributed by atoms with E-state index >= 15 is 0 Å². The van der Waals surface area contributed by atoms with Crippen molar-refractivity contribution in [2.75, 3.05) is 0 Å². The molecule has 0 unspecified atom stereocenters. The molecule has 0 atom stereocenters. The van der Waals surface area contributed by atoms with Crippen molar-refractivity contribution in [1.82, 2.24) is 0 Å². The Kier molecular flexibility index (Phi) is 3.49. The van der Waals surface area contributed by atoms with Crippen LogP contribution in [0.1, 0.15) is 33.6 Å². The second-order valence-electron chi connectivity index (χ2n) is 5.69. The summed E-state index contributed by atoms with van der Waals surface area (Å²) in [6.07, 6.45) is 2.21. The van der Waals surface area contributed by atoms with Gasteiger partial charge in [-0.1, -0.05) is 0 Å². The molecule has 0 heterocycles. The topological polar surface area (TPSA) is 78.6 Å². The Hall–Kier alpha value is -1.27. The Morgan fingerprint density at radius 2 is 1.89 bits per heavy atom. The van der Waals surface area contributed by atoms with Crippen molar-refractivity contribution in [1.29, 1.82) is 0 Å². The van der Waals surface area contributed by atoms with Gasteiger partial charge in [0.15, 0.2) is 0 Å². The molecular formula is C13H19NO4S. The number of benzene rings is 1. The maximum atomic E-state index is 11.6. The highest BCUT2D eigenvalue weighted by molar-refractivity contribution is 7.89. The Labute approximate surface area is 113 Å². The van der Waals surface area contributed by atoms with E-state index in [1.165, 1.54) is 6.07 Å². The second-order valence-corrected chi connectivity index (χ2v) is 7.22. The first-order valence-electron chi connectivity index (χ1n) is 6.18. The van der Waals surface area contributed by atoms with E-state index in [1.807, 2.05) is 20.8 Å². The highest BCUT2D eigenvalue weighted by Gasteiger charge is 2.26. The minimum atomic E-state index is -3.85. The van der Waals surface area contributed by atoms with Gasteiger partial charge in [-0.15, -0.1) is 0 Å². The van der Waals surface area contributed by atoms with Crippen LogP contribution in [0.5, 0.6) is 11.5 Å². The van der Waals surface area contributed by atoms with Crippen molar-refractivity contribution in [2.45, 2.75) is 50.2 Å². The Morgan fingerprint density at radius 1 is 1.26 bits per heavy atom. The van der Waals surface area contributed by atoms with Gasteiger partial charge in [0.25, 0.3) is 0 Å². The molecule has 6 heteroatoms. The zero-order chi connectivity index (χ0) is 14.3. The molecule has 1 aliphatic rings. The molecule has 106 valence electrons. The van der Waals surface area contributed by atoms with Gasteiger partial charge in [0.05, 0.1) is 6.10 Å². The van der Waals surface area contributed by atoms with E-state index in [2.05, 4.69) is 0 Å². The van der Waals surface area contributed by atoms with E-state index < -0.39 is 15.6 Å². The highest BCUT2D eigenvalue weighted by Crippen LogP contribution is 2.33. The number of hydrogen-bond acceptors (Lipinski definition) is 4. The summed E-state index contributed by atoms with van der Waals surface area (Å²) in [7, 11) is -3.85. The third-order valence-corrected chi connectivity index (χ3v) is 3.40. The summed E-state index contributed by atoms with van der Waals surface area (Å²) in [4.78, 5) is -0.0411. The van der Waals surface area contributed by atoms with Crippen LogP contribution in [-0.4, -0.2) is 20.1 Å². The molecule has 0 saturated heterocycles. The molecule has 0 amide bonds. The van der Waals surface area contributed by atoms with Crippen LogP contribution in [-0.2, 0) is 10.0 Å². The summed E-state index contributed by atoms with van der Waals surface area (Å²) >= 11 is 0. The third kappa shape index (κ3) is 4.11. The zero-order valence-electron chi connectivity index (χ0n) is 11.3. The van der Waals surface area contributed by atoms with Gasteiger partial charge in [-0.05, 0) is 45.7 Å². The van der Waals surface area contributed by atoms with Gasteiger partial charge >= 0.3 is 0 Å². The van der Waals surface area contributed by atoms with E-state index in [9.17, 15) is 8.42 Å². The van der Waals surface area contributed by atoms with Crippen molar-refractivity contribution in [3.8, 4) is 11.5 Å². The first kappa shape index (κ1) is 14.1. The molecule has 1 aliphatic carbocycles. The molecule has 0 spiro atoms. The molecule has 1 aromatic rings. The van der Waals surface area contributed by atoms with Crippen LogP contribution in [0.15, 0.2) is 23.1 Å². The minimum absolute atomic E-state index is 0.0411. The lowest BCUT2D eigenvalue weighted by atomic mass is 10.2. The number of nitrogens with two attached hydrogens (primary N) is 1. The zero-order valence-corrected chi connectivity index (χ0v) is 12.2. The average Bonchev–Trinajstić information content (AvgIpc) is 3.00. The van der Waals surface area contributed by atoms with Crippen molar-refractivity contribution < 1.29 is 17.9 Å². The lowest BCUT2D eigenvalue weighted by Crippen LogP contribution is -2.25. The summed E-state index contributed by atoms with van der Waals surface area (Å²) in [5.74, 6) is 0.755. The Bertz CT molecular complexity index is 571. The summed E-state index contributed by atoms with van der Waals surface area (Å²) in [6.45, 7) is 5.53. The van der Waals surface area contributed by atoms with E-state index in [0.717, 1.165) is 12.8 Å². The fourth-order valence-corrected chi connectivity index (χ4v) is 2.25. The number of hydrogen-bond donors (Lipinski definition) is 1. The SMILES string of the molecule is CC(C)(C)Oc1ccc(OC2CC2)cc1S(N)(=O)=O. The predicted molar refractivity (Wildman–Crippen MR) is 71.8 cm³/mol. The van der Waals surface area contributed by atoms with Gasteiger partial charge in [-0.3, -0.25) is 0 Å². The van der Waals surface area contributed by atoms with E-state index in [4.69, 9.17) is 14.6 Å². The molecule has 0 aromatic heterocycles. The van der Waals surface area contributed by atoms with Crippen molar-refractivity contribution in [3.63, 3.8) is 0 Å². The molecule has 19 heavy (non-hydrogen) atoms. The number of primary sulfonamides is 1. The minimum Gasteiger partial charge on any atom is -0.490 e. The summed E-state index contributed by atoms with van der Waals surface area (Å²) in [5, 5.41) is 5.23. The first-order chi connectivity index (χ1) is 8.65. The molecule has 2 rings (SSSR count). The first-order valence-corrected chi connectivity index (χ1v) is 7.72. The van der Waals surface area contributed by atoms with E-state index in [-0.39, 0.29) is 16.7 Å². The van der Waals surface area contributed by atoms with Gasteiger partial charge in [0.2, 0.25) is 10.0 Å². The fraction of sp³-hybridized carbons (Fsp3) is 0.538. The van der Waals surface area contributed by atoms with Crippen molar-refractivity contribution >= 4 is 10.0 Å². The highest BCUT2D eigenvalue weighted by atomic mass is 32.2. The normalized spacial score (nSPS) is 16.2. The molecule has 1 saturated carbocycles. The average molecular weight is 285 g/mol. The van der Waals surface area contributed by atoms with Gasteiger partial charge in [-0.25, -0.2) is 13.6 Å². The smallest absolute Gasteiger partial charge is 0.241 e. The monoisotopic (exact) mass is 285 g/mol. The molecular weight excluding hydrogens is 266 g/mol. The summed E-state index contributed by atoms with van der Waals surface area (Å²) < 4.78 is 34.5. The third-order valence-electron chi connectivity index (χ3n) is 2.46. The summed E-state index contributed by atoms with van der Waals surface area (Å²) in [6, 6.07) is 4.71. The van der Waals surface area contributed by atoms with E-state index in [0.29, 0.717) is 5.75 Å². The van der Waals surface area contributed by atoms with E-state index in [1.54, 1.807) is 12.1 Å². The van der Waals surface area contributed by atoms with Crippen LogP contribution in [0.2, 0.25) is 0 Å². The van der Waals surface area contributed by atoms with Gasteiger partial charge in [-0.2, -0.15) is 0 Å². The second kappa shape index (κ2) is 4.68. The quantitative estimate of drug-likeness (QED) is 0.918. The standard InChI is InChI=1S/C13H19NO4S/c1-13(2,3)18-11-7-6-10(17-9-4-5-9)8-12(11)19(14,15)16/h6-9H,4-5H2,1-3H3,(H2,14,15,16). The van der Waals surface area contributed by atoms with Crippen LogP contribution in [0, 0.1) is 0 Å². The summed E-state index contributed by atoms with van der Waals surface area (Å²) in [5.41, 5.74) is -0.502. The molecule has 2 N–H and O–H groups in total. The van der Waals surface area contributed by atoms with Crippen LogP contribution in [0.25, 0.3) is 0 Å². The molecule has 0 radical (unpaired) electrons. The molecule has 5 nitrogen and oxygen atoms in total. The van der Waals surface area contributed by atoms with Gasteiger partial charge in [0.1, 0.15) is 22.0 Å². The number of sulfonamides is 1. The van der Waals surface area contributed by atoms with Crippen LogP contribution >= 0.6 is 0 Å². The van der Waals surface area contributed by atoms with Gasteiger partial charge < -0.3 is 9.47 Å². The van der Waals surface area contributed by atoms with Crippen molar-refractivity contribution in [2.24, 2.45) is 5.14 Å². The fourth-order valence-electron chi connectivity index (χ4n) is 1.58. The van der Waals surface area contributed by atoms with Crippen LogP contribution in [0.4, 0.5) is 0 Å².